The van der Waals surface area contributed by atoms with Crippen molar-refractivity contribution in [2.45, 2.75) is 431 Å². The normalized spacial score (nSPS) is 13.2. The number of rotatable bonds is 77. The number of esters is 2. The zero-order valence-corrected chi connectivity index (χ0v) is 63.2. The van der Waals surface area contributed by atoms with Gasteiger partial charge in [-0.3, -0.25) is 18.6 Å². The third-order valence-corrected chi connectivity index (χ3v) is 19.6. The van der Waals surface area contributed by atoms with Gasteiger partial charge in [-0.2, -0.15) is 0 Å². The van der Waals surface area contributed by atoms with Crippen molar-refractivity contribution in [1.29, 1.82) is 0 Å². The van der Waals surface area contributed by atoms with Crippen LogP contribution >= 0.6 is 7.82 Å². The summed E-state index contributed by atoms with van der Waals surface area (Å²) in [6, 6.07) is 0. The lowest BCUT2D eigenvalue weighted by Gasteiger charge is -2.24. The van der Waals surface area contributed by atoms with Gasteiger partial charge in [-0.25, -0.2) is 4.57 Å². The van der Waals surface area contributed by atoms with Crippen molar-refractivity contribution in [1.82, 2.24) is 0 Å². The Bertz CT molecular complexity index is 1640. The molecular weight excluding hydrogens is 1160 g/mol. The van der Waals surface area contributed by atoms with Gasteiger partial charge in [-0.1, -0.05) is 378 Å². The quantitative estimate of drug-likeness (QED) is 0.0211. The average molecular weight is 1320 g/mol. The van der Waals surface area contributed by atoms with E-state index >= 15 is 0 Å². The molecule has 0 aliphatic carbocycles. The first-order valence-corrected chi connectivity index (χ1v) is 42.2. The van der Waals surface area contributed by atoms with E-state index in [0.717, 1.165) is 38.5 Å². The van der Waals surface area contributed by atoms with Crippen molar-refractivity contribution in [3.63, 3.8) is 0 Å². The molecule has 0 saturated heterocycles. The highest BCUT2D eigenvalue weighted by molar-refractivity contribution is 7.47. The largest absolute Gasteiger partial charge is 0.472 e. The van der Waals surface area contributed by atoms with E-state index in [1.165, 1.54) is 353 Å². The Labute approximate surface area is 573 Å². The minimum Gasteiger partial charge on any atom is -0.462 e. The molecule has 0 rings (SSSR count). The van der Waals surface area contributed by atoms with Crippen molar-refractivity contribution >= 4 is 19.8 Å². The summed E-state index contributed by atoms with van der Waals surface area (Å²) >= 11 is 0. The Balaban J connectivity index is 3.86. The lowest BCUT2D eigenvalue weighted by Crippen LogP contribution is -2.37. The van der Waals surface area contributed by atoms with Crippen molar-refractivity contribution < 1.29 is 42.1 Å². The molecule has 0 aliphatic rings. The van der Waals surface area contributed by atoms with Crippen LogP contribution in [0.25, 0.3) is 0 Å². The minimum atomic E-state index is -4.39. The Kier molecular flexibility index (Phi) is 72.1. The first-order chi connectivity index (χ1) is 45.0. The zero-order valence-electron chi connectivity index (χ0n) is 62.3. The molecule has 0 bridgehead atoms. The molecular formula is C82H159NO8P+. The molecule has 0 aliphatic heterocycles. The van der Waals surface area contributed by atoms with E-state index in [0.29, 0.717) is 23.9 Å². The highest BCUT2D eigenvalue weighted by Gasteiger charge is 2.27. The fourth-order valence-electron chi connectivity index (χ4n) is 12.4. The number of phosphoric ester groups is 1. The highest BCUT2D eigenvalue weighted by atomic mass is 31.2. The number of nitrogens with zero attached hydrogens (tertiary/aromatic N) is 1. The molecule has 0 heterocycles. The van der Waals surface area contributed by atoms with E-state index in [1.54, 1.807) is 0 Å². The number of phosphoric acid groups is 1. The second-order valence-electron chi connectivity index (χ2n) is 29.2. The van der Waals surface area contributed by atoms with Gasteiger partial charge in [0.2, 0.25) is 0 Å². The van der Waals surface area contributed by atoms with Gasteiger partial charge in [-0.15, -0.1) is 0 Å². The van der Waals surface area contributed by atoms with Crippen molar-refractivity contribution in [3.05, 3.63) is 36.5 Å². The molecule has 0 saturated carbocycles. The third kappa shape index (κ3) is 77.2. The number of ether oxygens (including phenoxy) is 2. The van der Waals surface area contributed by atoms with Crippen LogP contribution in [0.5, 0.6) is 0 Å². The van der Waals surface area contributed by atoms with Gasteiger partial charge >= 0.3 is 19.8 Å². The molecule has 2 atom stereocenters. The number of carbonyl (C=O) groups is 2. The molecule has 1 N–H and O–H groups in total. The molecule has 0 amide bonds. The van der Waals surface area contributed by atoms with E-state index in [-0.39, 0.29) is 25.6 Å². The van der Waals surface area contributed by atoms with Crippen molar-refractivity contribution in [3.8, 4) is 0 Å². The molecule has 544 valence electrons. The van der Waals surface area contributed by atoms with Crippen LogP contribution in [0, 0.1) is 0 Å². The first-order valence-electron chi connectivity index (χ1n) is 40.7. The molecule has 92 heavy (non-hydrogen) atoms. The molecule has 0 spiro atoms. The van der Waals surface area contributed by atoms with E-state index in [2.05, 4.69) is 50.3 Å². The smallest absolute Gasteiger partial charge is 0.462 e. The van der Waals surface area contributed by atoms with Gasteiger partial charge in [0.15, 0.2) is 6.10 Å². The topological polar surface area (TPSA) is 108 Å². The van der Waals surface area contributed by atoms with Crippen LogP contribution < -0.4 is 0 Å². The molecule has 0 fully saturated rings. The van der Waals surface area contributed by atoms with Crippen LogP contribution in [0.1, 0.15) is 425 Å². The number of carbonyl (C=O) groups excluding carboxylic acids is 2. The standard InChI is InChI=1S/C82H158NO8P/c1-6-8-10-12-14-16-18-20-22-24-26-28-30-32-34-35-36-37-38-39-40-41-42-43-44-45-46-47-49-50-52-54-56-58-60-62-64-66-68-70-72-74-81(84)88-78-80(79-90-92(86,87)89-77-76-83(3,4)5)91-82(85)75-73-71-69-67-65-63-61-59-57-55-53-51-48-33-31-29-27-25-23-21-19-17-15-13-11-9-7-2/h19,21,24-27,80H,6-18,20,22-23,28-79H2,1-5H3/p+1/b21-19-,26-24-,27-25-. The number of allylic oxidation sites excluding steroid dienone is 6. The number of hydrogen-bond donors (Lipinski definition) is 1. The Morgan fingerprint density at radius 3 is 0.870 bits per heavy atom. The van der Waals surface area contributed by atoms with Gasteiger partial charge in [0, 0.05) is 12.8 Å². The van der Waals surface area contributed by atoms with Gasteiger partial charge in [0.05, 0.1) is 27.7 Å². The number of likely N-dealkylation sites (N-methyl/N-ethyl adjacent to an activating group) is 1. The monoisotopic (exact) mass is 1320 g/mol. The molecule has 9 nitrogen and oxygen atoms in total. The average Bonchev–Trinajstić information content (AvgIpc) is 2.14. The molecule has 0 aromatic carbocycles. The summed E-state index contributed by atoms with van der Waals surface area (Å²) in [5.41, 5.74) is 0. The summed E-state index contributed by atoms with van der Waals surface area (Å²) in [5.74, 6) is -0.773. The SMILES string of the molecule is CCCCCCC/C=C\C/C=C\CCCCCCCCCCCCCCCCCC(=O)OC(COC(=O)CCCCCCCCCCCCCCCCCCCCCCCCCCCCCCC/C=C\CCCCCCCCCC)COP(=O)(O)OCC[N+](C)(C)C. The second-order valence-corrected chi connectivity index (χ2v) is 30.6. The molecule has 10 heteroatoms. The van der Waals surface area contributed by atoms with Crippen LogP contribution in [-0.2, 0) is 32.7 Å². The Hall–Kier alpha value is -1.77. The summed E-state index contributed by atoms with van der Waals surface area (Å²) in [6.07, 6.45) is 96.0. The van der Waals surface area contributed by atoms with E-state index in [9.17, 15) is 19.0 Å². The minimum absolute atomic E-state index is 0.0347. The number of quaternary nitrogens is 1. The van der Waals surface area contributed by atoms with Crippen LogP contribution in [0.4, 0.5) is 0 Å². The van der Waals surface area contributed by atoms with Gasteiger partial charge < -0.3 is 18.9 Å². The summed E-state index contributed by atoms with van der Waals surface area (Å²) in [4.78, 5) is 36.0. The van der Waals surface area contributed by atoms with Crippen LogP contribution in [0.15, 0.2) is 36.5 Å². The summed E-state index contributed by atoms with van der Waals surface area (Å²) in [5, 5.41) is 0. The second kappa shape index (κ2) is 73.5. The molecule has 0 aromatic heterocycles. The predicted octanol–water partition coefficient (Wildman–Crippen LogP) is 27.0. The lowest BCUT2D eigenvalue weighted by molar-refractivity contribution is -0.870. The van der Waals surface area contributed by atoms with Crippen LogP contribution in [-0.4, -0.2) is 74.9 Å². The van der Waals surface area contributed by atoms with E-state index < -0.39 is 26.5 Å². The maximum Gasteiger partial charge on any atom is 0.472 e. The van der Waals surface area contributed by atoms with E-state index in [4.69, 9.17) is 18.5 Å². The van der Waals surface area contributed by atoms with Crippen molar-refractivity contribution in [2.75, 3.05) is 47.5 Å². The van der Waals surface area contributed by atoms with Crippen molar-refractivity contribution in [2.24, 2.45) is 0 Å². The fourth-order valence-corrected chi connectivity index (χ4v) is 13.1. The van der Waals surface area contributed by atoms with Gasteiger partial charge in [0.1, 0.15) is 19.8 Å². The van der Waals surface area contributed by atoms with Crippen LogP contribution in [0.3, 0.4) is 0 Å². The first kappa shape index (κ1) is 90.2. The summed E-state index contributed by atoms with van der Waals surface area (Å²) in [7, 11) is 1.50. The lowest BCUT2D eigenvalue weighted by atomic mass is 10.0. The highest BCUT2D eigenvalue weighted by Crippen LogP contribution is 2.43. The molecule has 0 radical (unpaired) electrons. The zero-order chi connectivity index (χ0) is 66.9. The summed E-state index contributed by atoms with van der Waals surface area (Å²) in [6.45, 7) is 4.50. The van der Waals surface area contributed by atoms with Gasteiger partial charge in [0.25, 0.3) is 0 Å². The van der Waals surface area contributed by atoms with Gasteiger partial charge in [-0.05, 0) is 70.6 Å². The maximum absolute atomic E-state index is 12.9. The number of hydrogen-bond acceptors (Lipinski definition) is 7. The maximum atomic E-state index is 12.9. The third-order valence-electron chi connectivity index (χ3n) is 18.6. The summed E-state index contributed by atoms with van der Waals surface area (Å²) < 4.78 is 34.8. The Morgan fingerprint density at radius 2 is 0.587 bits per heavy atom. The van der Waals surface area contributed by atoms with E-state index in [1.807, 2.05) is 21.1 Å². The fraction of sp³-hybridized carbons (Fsp3) is 0.902. The molecule has 0 aromatic rings. The molecule has 2 unspecified atom stereocenters. The predicted molar refractivity (Wildman–Crippen MR) is 400 cm³/mol. The number of unbranched alkanes of at least 4 members (excludes halogenated alkanes) is 57. The van der Waals surface area contributed by atoms with Crippen LogP contribution in [0.2, 0.25) is 0 Å². The Morgan fingerprint density at radius 1 is 0.337 bits per heavy atom.